The van der Waals surface area contributed by atoms with Crippen molar-refractivity contribution in [2.24, 2.45) is 7.05 Å². The summed E-state index contributed by atoms with van der Waals surface area (Å²) in [5.74, 6) is 0.517. The van der Waals surface area contributed by atoms with Gasteiger partial charge in [-0.3, -0.25) is 4.68 Å². The molecule has 1 aromatic carbocycles. The Hall–Kier alpha value is -1.69. The Labute approximate surface area is 131 Å². The molecule has 0 saturated heterocycles. The van der Waals surface area contributed by atoms with Gasteiger partial charge in [0.05, 0.1) is 18.2 Å². The zero-order valence-electron chi connectivity index (χ0n) is 11.3. The zero-order chi connectivity index (χ0) is 14.8. The van der Waals surface area contributed by atoms with Crippen LogP contribution in [-0.2, 0) is 25.0 Å². The standard InChI is InChI=1S/C14H12Cl2N4O/c1-20-14-10(6-17-20)13(16)18-12(19-14)8-21-7-9-4-2-3-5-11(9)15/h2-6H,7-8H2,1H3. The molecule has 0 N–H and O–H groups in total. The lowest BCUT2D eigenvalue weighted by Gasteiger charge is -2.06. The van der Waals surface area contributed by atoms with Gasteiger partial charge in [-0.15, -0.1) is 0 Å². The van der Waals surface area contributed by atoms with Crippen molar-refractivity contribution in [3.63, 3.8) is 0 Å². The molecule has 2 aromatic heterocycles. The molecular formula is C14H12Cl2N4O. The van der Waals surface area contributed by atoms with Crippen LogP contribution in [0.5, 0.6) is 0 Å². The Kier molecular flexibility index (Phi) is 4.05. The summed E-state index contributed by atoms with van der Waals surface area (Å²) in [5, 5.41) is 5.90. The van der Waals surface area contributed by atoms with Crippen molar-refractivity contribution < 1.29 is 4.74 Å². The van der Waals surface area contributed by atoms with E-state index in [0.717, 1.165) is 10.9 Å². The van der Waals surface area contributed by atoms with Crippen molar-refractivity contribution in [3.8, 4) is 0 Å². The first-order valence-corrected chi connectivity index (χ1v) is 7.06. The Morgan fingerprint density at radius 2 is 1.95 bits per heavy atom. The third-order valence-electron chi connectivity index (χ3n) is 3.04. The van der Waals surface area contributed by atoms with Crippen LogP contribution < -0.4 is 0 Å². The number of hydrogen-bond acceptors (Lipinski definition) is 4. The summed E-state index contributed by atoms with van der Waals surface area (Å²) < 4.78 is 7.26. The SMILES string of the molecule is Cn1ncc2c(Cl)nc(COCc3ccccc3Cl)nc21. The van der Waals surface area contributed by atoms with E-state index in [1.54, 1.807) is 17.9 Å². The second kappa shape index (κ2) is 5.97. The first-order valence-electron chi connectivity index (χ1n) is 6.30. The van der Waals surface area contributed by atoms with E-state index < -0.39 is 0 Å². The van der Waals surface area contributed by atoms with Crippen molar-refractivity contribution in [3.05, 3.63) is 52.0 Å². The topological polar surface area (TPSA) is 52.8 Å². The molecular weight excluding hydrogens is 311 g/mol. The van der Waals surface area contributed by atoms with Crippen LogP contribution in [0.3, 0.4) is 0 Å². The fraction of sp³-hybridized carbons (Fsp3) is 0.214. The van der Waals surface area contributed by atoms with Gasteiger partial charge in [0, 0.05) is 12.1 Å². The minimum atomic E-state index is 0.256. The van der Waals surface area contributed by atoms with Crippen molar-refractivity contribution in [2.45, 2.75) is 13.2 Å². The summed E-state index contributed by atoms with van der Waals surface area (Å²) in [6.45, 7) is 0.649. The summed E-state index contributed by atoms with van der Waals surface area (Å²) in [4.78, 5) is 8.61. The number of benzene rings is 1. The highest BCUT2D eigenvalue weighted by Gasteiger charge is 2.10. The first kappa shape index (κ1) is 14.3. The molecule has 0 amide bonds. The zero-order valence-corrected chi connectivity index (χ0v) is 12.8. The van der Waals surface area contributed by atoms with Crippen molar-refractivity contribution in [1.29, 1.82) is 0 Å². The molecule has 3 rings (SSSR count). The van der Waals surface area contributed by atoms with Gasteiger partial charge in [0.2, 0.25) is 0 Å². The van der Waals surface area contributed by atoms with Gasteiger partial charge < -0.3 is 4.74 Å². The fourth-order valence-corrected chi connectivity index (χ4v) is 2.38. The van der Waals surface area contributed by atoms with E-state index in [9.17, 15) is 0 Å². The number of halogens is 2. The van der Waals surface area contributed by atoms with E-state index in [4.69, 9.17) is 27.9 Å². The summed E-state index contributed by atoms with van der Waals surface area (Å²) in [6.07, 6.45) is 1.64. The Bertz CT molecular complexity index is 788. The maximum atomic E-state index is 6.12. The second-order valence-corrected chi connectivity index (χ2v) is 5.29. The van der Waals surface area contributed by atoms with Crippen molar-refractivity contribution in [2.75, 3.05) is 0 Å². The molecule has 0 bridgehead atoms. The number of ether oxygens (including phenoxy) is 1. The molecule has 0 aliphatic heterocycles. The number of nitrogens with zero attached hydrogens (tertiary/aromatic N) is 4. The van der Waals surface area contributed by atoms with Crippen LogP contribution in [0.2, 0.25) is 10.2 Å². The van der Waals surface area contributed by atoms with Crippen LogP contribution in [0.15, 0.2) is 30.5 Å². The van der Waals surface area contributed by atoms with E-state index in [2.05, 4.69) is 15.1 Å². The Morgan fingerprint density at radius 1 is 1.14 bits per heavy atom. The molecule has 0 aliphatic carbocycles. The molecule has 21 heavy (non-hydrogen) atoms. The van der Waals surface area contributed by atoms with Gasteiger partial charge in [-0.25, -0.2) is 9.97 Å². The molecule has 0 spiro atoms. The monoisotopic (exact) mass is 322 g/mol. The number of aromatic nitrogens is 4. The van der Waals surface area contributed by atoms with Crippen LogP contribution in [0, 0.1) is 0 Å². The molecule has 108 valence electrons. The van der Waals surface area contributed by atoms with Gasteiger partial charge in [0.1, 0.15) is 11.8 Å². The maximum Gasteiger partial charge on any atom is 0.162 e. The van der Waals surface area contributed by atoms with Crippen LogP contribution in [-0.4, -0.2) is 19.7 Å². The quantitative estimate of drug-likeness (QED) is 0.691. The Morgan fingerprint density at radius 3 is 2.76 bits per heavy atom. The largest absolute Gasteiger partial charge is 0.369 e. The van der Waals surface area contributed by atoms with E-state index in [0.29, 0.717) is 28.3 Å². The van der Waals surface area contributed by atoms with E-state index >= 15 is 0 Å². The van der Waals surface area contributed by atoms with Gasteiger partial charge in [-0.2, -0.15) is 5.10 Å². The van der Waals surface area contributed by atoms with Crippen LogP contribution >= 0.6 is 23.2 Å². The third kappa shape index (κ3) is 3.00. The first-order chi connectivity index (χ1) is 10.1. The van der Waals surface area contributed by atoms with Crippen LogP contribution in [0.1, 0.15) is 11.4 Å². The number of aryl methyl sites for hydroxylation is 1. The molecule has 0 unspecified atom stereocenters. The molecule has 0 atom stereocenters. The summed E-state index contributed by atoms with van der Waals surface area (Å²) in [5.41, 5.74) is 1.61. The molecule has 0 aliphatic rings. The molecule has 0 saturated carbocycles. The van der Waals surface area contributed by atoms with Crippen LogP contribution in [0.4, 0.5) is 0 Å². The highest BCUT2D eigenvalue weighted by molar-refractivity contribution is 6.33. The molecule has 0 radical (unpaired) electrons. The van der Waals surface area contributed by atoms with Gasteiger partial charge >= 0.3 is 0 Å². The minimum Gasteiger partial charge on any atom is -0.369 e. The minimum absolute atomic E-state index is 0.256. The summed E-state index contributed by atoms with van der Waals surface area (Å²) in [6, 6.07) is 7.54. The number of hydrogen-bond donors (Lipinski definition) is 0. The van der Waals surface area contributed by atoms with Crippen LogP contribution in [0.25, 0.3) is 11.0 Å². The van der Waals surface area contributed by atoms with Crippen molar-refractivity contribution >= 4 is 34.2 Å². The van der Waals surface area contributed by atoms with E-state index in [1.807, 2.05) is 24.3 Å². The number of fused-ring (bicyclic) bond motifs is 1. The average Bonchev–Trinajstić information content (AvgIpc) is 2.83. The summed E-state index contributed by atoms with van der Waals surface area (Å²) in [7, 11) is 1.81. The highest BCUT2D eigenvalue weighted by Crippen LogP contribution is 2.20. The predicted octanol–water partition coefficient (Wildman–Crippen LogP) is 3.39. The molecule has 0 fully saturated rings. The lowest BCUT2D eigenvalue weighted by Crippen LogP contribution is -2.02. The summed E-state index contributed by atoms with van der Waals surface area (Å²) >= 11 is 12.2. The lowest BCUT2D eigenvalue weighted by molar-refractivity contribution is 0.102. The second-order valence-electron chi connectivity index (χ2n) is 4.52. The van der Waals surface area contributed by atoms with Gasteiger partial charge in [-0.05, 0) is 11.6 Å². The third-order valence-corrected chi connectivity index (χ3v) is 3.70. The average molecular weight is 323 g/mol. The van der Waals surface area contributed by atoms with Gasteiger partial charge in [0.15, 0.2) is 11.5 Å². The normalized spacial score (nSPS) is 11.2. The fourth-order valence-electron chi connectivity index (χ4n) is 1.96. The molecule has 7 heteroatoms. The van der Waals surface area contributed by atoms with Gasteiger partial charge in [0.25, 0.3) is 0 Å². The highest BCUT2D eigenvalue weighted by atomic mass is 35.5. The Balaban J connectivity index is 1.74. The molecule has 5 nitrogen and oxygen atoms in total. The van der Waals surface area contributed by atoms with E-state index in [-0.39, 0.29) is 6.61 Å². The lowest BCUT2D eigenvalue weighted by atomic mass is 10.2. The van der Waals surface area contributed by atoms with E-state index in [1.165, 1.54) is 0 Å². The van der Waals surface area contributed by atoms with Gasteiger partial charge in [-0.1, -0.05) is 41.4 Å². The smallest absolute Gasteiger partial charge is 0.162 e. The van der Waals surface area contributed by atoms with Crippen molar-refractivity contribution in [1.82, 2.24) is 19.7 Å². The predicted molar refractivity (Wildman–Crippen MR) is 81.3 cm³/mol. The maximum absolute atomic E-state index is 6.12. The number of rotatable bonds is 4. The molecule has 2 heterocycles. The molecule has 3 aromatic rings.